The van der Waals surface area contributed by atoms with Gasteiger partial charge in [-0.1, -0.05) is 36.4 Å². The summed E-state index contributed by atoms with van der Waals surface area (Å²) in [5, 5.41) is 5.39. The van der Waals surface area contributed by atoms with Crippen molar-refractivity contribution in [3.05, 3.63) is 84.9 Å². The standard InChI is InChI=1S/C13H9.C5H5.C3H6.2ClH.Zr/c1-3-7-12-10(5-1)9-11-6-2-4-8-13(11)12;1-2-4-5-3-1;1-3-2;;;/h1-9H;1-5H;1-2H3;2*1H;/q2*-1;;;;+2. The zero-order chi connectivity index (χ0) is 15.8. The van der Waals surface area contributed by atoms with E-state index in [9.17, 15) is 0 Å². The molecule has 4 rings (SSSR count). The Morgan fingerprint density at radius 3 is 1.42 bits per heavy atom. The molecule has 0 saturated heterocycles. The molecule has 0 aliphatic carbocycles. The Balaban J connectivity index is 0.000000409. The first-order valence-electron chi connectivity index (χ1n) is 7.40. The molecule has 0 unspecified atom stereocenters. The van der Waals surface area contributed by atoms with Gasteiger partial charge in [-0.15, -0.1) is 64.6 Å². The Hall–Kier alpha value is -1.01. The summed E-state index contributed by atoms with van der Waals surface area (Å²) >= 11 is 1.55. The molecule has 0 fully saturated rings. The Kier molecular flexibility index (Phi) is 11.9. The number of rotatable bonds is 0. The van der Waals surface area contributed by atoms with E-state index in [1.807, 2.05) is 30.3 Å². The first-order chi connectivity index (χ1) is 10.7. The predicted molar refractivity (Wildman–Crippen MR) is 110 cm³/mol. The third-order valence-corrected chi connectivity index (χ3v) is 3.08. The summed E-state index contributed by atoms with van der Waals surface area (Å²) in [4.78, 5) is 0. The van der Waals surface area contributed by atoms with Gasteiger partial charge < -0.3 is 0 Å². The van der Waals surface area contributed by atoms with Gasteiger partial charge in [0.25, 0.3) is 0 Å². The van der Waals surface area contributed by atoms with Crippen LogP contribution in [0.5, 0.6) is 0 Å². The van der Waals surface area contributed by atoms with Gasteiger partial charge in [-0.2, -0.15) is 18.2 Å². The van der Waals surface area contributed by atoms with Crippen LogP contribution in [0.4, 0.5) is 0 Å². The van der Waals surface area contributed by atoms with Gasteiger partial charge in [0.05, 0.1) is 0 Å². The van der Waals surface area contributed by atoms with Gasteiger partial charge in [-0.25, -0.2) is 12.1 Å². The summed E-state index contributed by atoms with van der Waals surface area (Å²) < 4.78 is 1.51. The molecule has 24 heavy (non-hydrogen) atoms. The summed E-state index contributed by atoms with van der Waals surface area (Å²) in [6, 6.07) is 29.3. The monoisotopic (exact) mass is 434 g/mol. The van der Waals surface area contributed by atoms with Crippen molar-refractivity contribution in [1.29, 1.82) is 0 Å². The van der Waals surface area contributed by atoms with E-state index in [4.69, 9.17) is 0 Å². The number of fused-ring (bicyclic) bond motifs is 3. The van der Waals surface area contributed by atoms with E-state index in [-0.39, 0.29) is 24.8 Å². The van der Waals surface area contributed by atoms with Crippen LogP contribution in [0.15, 0.2) is 84.9 Å². The van der Waals surface area contributed by atoms with Gasteiger partial charge in [0.1, 0.15) is 0 Å². The van der Waals surface area contributed by atoms with Crippen LogP contribution in [-0.2, 0) is 24.2 Å². The summed E-state index contributed by atoms with van der Waals surface area (Å²) in [6.45, 7) is 4.25. The number of hydrogen-bond acceptors (Lipinski definition) is 0. The van der Waals surface area contributed by atoms with Crippen LogP contribution in [0.2, 0.25) is 0 Å². The fraction of sp³-hybridized carbons (Fsp3) is 0.0952. The molecule has 0 aromatic heterocycles. The maximum absolute atomic E-state index is 2.24. The molecule has 0 N–H and O–H groups in total. The summed E-state index contributed by atoms with van der Waals surface area (Å²) in [6.07, 6.45) is 0. The van der Waals surface area contributed by atoms with Crippen LogP contribution < -0.4 is 0 Å². The third-order valence-electron chi connectivity index (χ3n) is 3.08. The van der Waals surface area contributed by atoms with E-state index in [1.54, 1.807) is 24.2 Å². The van der Waals surface area contributed by atoms with Crippen LogP contribution in [0.1, 0.15) is 13.8 Å². The number of benzene rings is 2. The Bertz CT molecular complexity index is 758. The van der Waals surface area contributed by atoms with Crippen LogP contribution in [0, 0.1) is 0 Å². The summed E-state index contributed by atoms with van der Waals surface area (Å²) in [5.41, 5.74) is 0. The largest absolute Gasteiger partial charge is 0.214 e. The average Bonchev–Trinajstić information content (AvgIpc) is 3.18. The molecule has 0 bridgehead atoms. The van der Waals surface area contributed by atoms with Gasteiger partial charge in [0.15, 0.2) is 0 Å². The van der Waals surface area contributed by atoms with Crippen molar-refractivity contribution >= 4 is 49.6 Å². The minimum atomic E-state index is 0. The summed E-state index contributed by atoms with van der Waals surface area (Å²) in [5.74, 6) is 0. The molecule has 0 saturated carbocycles. The molecule has 3 heteroatoms. The van der Waals surface area contributed by atoms with Crippen molar-refractivity contribution in [2.24, 2.45) is 0 Å². The van der Waals surface area contributed by atoms with Gasteiger partial charge in [-0.3, -0.25) is 0 Å². The zero-order valence-electron chi connectivity index (χ0n) is 13.9. The molecule has 0 radical (unpaired) electrons. The summed E-state index contributed by atoms with van der Waals surface area (Å²) in [7, 11) is 0. The first kappa shape index (κ1) is 23.0. The van der Waals surface area contributed by atoms with E-state index >= 15 is 0 Å². The molecule has 0 aliphatic rings. The normalized spacial score (nSPS) is 8.83. The molecule has 0 spiro atoms. The number of hydrogen-bond donors (Lipinski definition) is 0. The van der Waals surface area contributed by atoms with Crippen LogP contribution in [0.25, 0.3) is 21.5 Å². The Labute approximate surface area is 171 Å². The second kappa shape index (κ2) is 12.4. The van der Waals surface area contributed by atoms with Gasteiger partial charge in [0.2, 0.25) is 0 Å². The Morgan fingerprint density at radius 1 is 0.708 bits per heavy atom. The predicted octanol–water partition coefficient (Wildman–Crippen LogP) is 6.71. The molecule has 0 amide bonds. The smallest absolute Gasteiger partial charge is 0.0771 e. The molecule has 0 atom stereocenters. The van der Waals surface area contributed by atoms with E-state index in [0.29, 0.717) is 0 Å². The van der Waals surface area contributed by atoms with Crippen molar-refractivity contribution in [2.45, 2.75) is 13.8 Å². The van der Waals surface area contributed by atoms with Crippen LogP contribution in [0.3, 0.4) is 0 Å². The molecule has 0 aliphatic heterocycles. The van der Waals surface area contributed by atoms with Crippen molar-refractivity contribution in [1.82, 2.24) is 0 Å². The van der Waals surface area contributed by atoms with Crippen molar-refractivity contribution in [2.75, 3.05) is 0 Å². The second-order valence-corrected chi connectivity index (χ2v) is 7.74. The van der Waals surface area contributed by atoms with Crippen molar-refractivity contribution in [3.63, 3.8) is 0 Å². The Morgan fingerprint density at radius 2 is 1.08 bits per heavy atom. The minimum Gasteiger partial charge on any atom is -0.214 e. The molecular weight excluding hydrogens is 414 g/mol. The molecular formula is C21H22Cl2Zr. The van der Waals surface area contributed by atoms with Crippen LogP contribution >= 0.6 is 24.8 Å². The quantitative estimate of drug-likeness (QED) is 0.269. The van der Waals surface area contributed by atoms with E-state index in [0.717, 1.165) is 0 Å². The van der Waals surface area contributed by atoms with Gasteiger partial charge >= 0.3 is 41.3 Å². The molecule has 4 aromatic carbocycles. The molecule has 0 nitrogen and oxygen atoms in total. The van der Waals surface area contributed by atoms with Crippen LogP contribution in [-0.4, -0.2) is 3.21 Å². The van der Waals surface area contributed by atoms with Crippen molar-refractivity contribution in [3.8, 4) is 0 Å². The third kappa shape index (κ3) is 7.26. The molecule has 0 heterocycles. The average molecular weight is 437 g/mol. The molecule has 4 aromatic rings. The first-order valence-corrected chi connectivity index (χ1v) is 8.63. The van der Waals surface area contributed by atoms with E-state index in [1.165, 1.54) is 24.8 Å². The van der Waals surface area contributed by atoms with E-state index < -0.39 is 0 Å². The zero-order valence-corrected chi connectivity index (χ0v) is 18.0. The van der Waals surface area contributed by atoms with Gasteiger partial charge in [0, 0.05) is 0 Å². The topological polar surface area (TPSA) is 0 Å². The maximum atomic E-state index is 2.24. The fourth-order valence-corrected chi connectivity index (χ4v) is 2.22. The van der Waals surface area contributed by atoms with Gasteiger partial charge in [-0.05, 0) is 0 Å². The fourth-order valence-electron chi connectivity index (χ4n) is 2.22. The maximum Gasteiger partial charge on any atom is -0.0771 e. The number of halogens is 2. The SMILES string of the molecule is C[C](C)=[Zr+2].Cl.Cl.c1cc[cH-]c1.c1ccc2c(c1)[cH-]c1ccccc12. The second-order valence-electron chi connectivity index (χ2n) is 5.28. The molecule has 124 valence electrons. The van der Waals surface area contributed by atoms with Crippen molar-refractivity contribution < 1.29 is 24.2 Å². The van der Waals surface area contributed by atoms with E-state index in [2.05, 4.69) is 68.4 Å². The minimum absolute atomic E-state index is 0.